The van der Waals surface area contributed by atoms with E-state index < -0.39 is 5.97 Å². The van der Waals surface area contributed by atoms with Crippen LogP contribution in [0.25, 0.3) is 0 Å². The SMILES string of the molecule is C=C(/C=C\C(O)=C(/CCC)C(=O)OC)OC/C(C=NC)=C/N=CC1=CC(N)=CCC=C1. The molecule has 0 aromatic carbocycles. The molecule has 0 heterocycles. The summed E-state index contributed by atoms with van der Waals surface area (Å²) < 4.78 is 10.3. The molecule has 0 unspecified atom stereocenters. The summed E-state index contributed by atoms with van der Waals surface area (Å²) in [5, 5.41) is 10.2. The van der Waals surface area contributed by atoms with Crippen LogP contribution in [-0.4, -0.2) is 44.3 Å². The van der Waals surface area contributed by atoms with Crippen molar-refractivity contribution in [3.8, 4) is 0 Å². The second-order valence-corrected chi connectivity index (χ2v) is 6.55. The molecule has 0 spiro atoms. The second kappa shape index (κ2) is 14.4. The number of carbonyl (C=O) groups excluding carboxylic acids is 1. The van der Waals surface area contributed by atoms with Crippen molar-refractivity contribution in [2.24, 2.45) is 15.7 Å². The van der Waals surface area contributed by atoms with Crippen molar-refractivity contribution in [3.63, 3.8) is 0 Å². The zero-order valence-corrected chi connectivity index (χ0v) is 18.4. The fourth-order valence-electron chi connectivity index (χ4n) is 2.49. The summed E-state index contributed by atoms with van der Waals surface area (Å²) in [4.78, 5) is 20.1. The van der Waals surface area contributed by atoms with E-state index in [9.17, 15) is 9.90 Å². The summed E-state index contributed by atoms with van der Waals surface area (Å²) in [6, 6.07) is 0. The van der Waals surface area contributed by atoms with Crippen molar-refractivity contribution in [2.45, 2.75) is 26.2 Å². The van der Waals surface area contributed by atoms with Gasteiger partial charge in [-0.15, -0.1) is 0 Å². The lowest BCUT2D eigenvalue weighted by Crippen LogP contribution is -2.07. The molecule has 1 rings (SSSR count). The van der Waals surface area contributed by atoms with Crippen LogP contribution in [0.1, 0.15) is 26.2 Å². The fourth-order valence-corrected chi connectivity index (χ4v) is 2.49. The highest BCUT2D eigenvalue weighted by atomic mass is 16.5. The first kappa shape index (κ1) is 25.4. The summed E-state index contributed by atoms with van der Waals surface area (Å²) in [6.07, 6.45) is 17.4. The van der Waals surface area contributed by atoms with Gasteiger partial charge in [0.15, 0.2) is 0 Å². The molecule has 0 fully saturated rings. The number of methoxy groups -OCH3 is 1. The molecule has 0 radical (unpaired) electrons. The van der Waals surface area contributed by atoms with Gasteiger partial charge in [-0.25, -0.2) is 4.79 Å². The molecule has 1 aliphatic rings. The Bertz CT molecular complexity index is 885. The maximum absolute atomic E-state index is 11.7. The minimum atomic E-state index is -0.561. The standard InChI is InChI=1S/C24H31N3O4/c1-5-8-22(24(29)30-4)23(28)12-11-18(2)31-17-20(14-26-3)16-27-15-19-9-6-7-10-21(25)13-19/h6,9-16,28H,2,5,7-8,17,25H2,1,3-4H3/b12-11-,20-16+,23-22-,26-14?,27-15?. The van der Waals surface area contributed by atoms with Gasteiger partial charge in [0, 0.05) is 36.9 Å². The Balaban J connectivity index is 2.78. The predicted molar refractivity (Wildman–Crippen MR) is 126 cm³/mol. The Morgan fingerprint density at radius 1 is 1.39 bits per heavy atom. The minimum Gasteiger partial charge on any atom is -0.507 e. The van der Waals surface area contributed by atoms with Crippen molar-refractivity contribution in [3.05, 3.63) is 83.2 Å². The Morgan fingerprint density at radius 3 is 2.84 bits per heavy atom. The molecule has 7 heteroatoms. The van der Waals surface area contributed by atoms with E-state index in [1.807, 2.05) is 31.2 Å². The van der Waals surface area contributed by atoms with E-state index in [4.69, 9.17) is 15.2 Å². The third-order valence-corrected chi connectivity index (χ3v) is 3.98. The van der Waals surface area contributed by atoms with Gasteiger partial charge in [0.1, 0.15) is 18.1 Å². The highest BCUT2D eigenvalue weighted by Crippen LogP contribution is 2.13. The number of aliphatic hydroxyl groups is 1. The zero-order chi connectivity index (χ0) is 23.1. The monoisotopic (exact) mass is 425 g/mol. The van der Waals surface area contributed by atoms with E-state index in [0.29, 0.717) is 24.3 Å². The van der Waals surface area contributed by atoms with E-state index in [1.165, 1.54) is 19.3 Å². The third kappa shape index (κ3) is 10.1. The van der Waals surface area contributed by atoms with Crippen LogP contribution in [0.3, 0.4) is 0 Å². The summed E-state index contributed by atoms with van der Waals surface area (Å²) >= 11 is 0. The molecular weight excluding hydrogens is 394 g/mol. The number of hydrogen-bond acceptors (Lipinski definition) is 7. The molecule has 7 nitrogen and oxygen atoms in total. The number of hydrogen-bond donors (Lipinski definition) is 2. The van der Waals surface area contributed by atoms with Crippen molar-refractivity contribution in [1.29, 1.82) is 0 Å². The van der Waals surface area contributed by atoms with Gasteiger partial charge in [0.2, 0.25) is 0 Å². The van der Waals surface area contributed by atoms with Crippen LogP contribution in [-0.2, 0) is 14.3 Å². The molecule has 166 valence electrons. The van der Waals surface area contributed by atoms with E-state index in [0.717, 1.165) is 17.6 Å². The Labute approximate surface area is 184 Å². The fraction of sp³-hybridized carbons (Fsp3) is 0.292. The van der Waals surface area contributed by atoms with Crippen molar-refractivity contribution in [2.75, 3.05) is 20.8 Å². The molecule has 0 aromatic rings. The largest absolute Gasteiger partial charge is 0.507 e. The maximum Gasteiger partial charge on any atom is 0.337 e. The van der Waals surface area contributed by atoms with Gasteiger partial charge in [0.05, 0.1) is 12.7 Å². The van der Waals surface area contributed by atoms with E-state index in [2.05, 4.69) is 16.6 Å². The molecule has 0 saturated heterocycles. The first-order valence-electron chi connectivity index (χ1n) is 9.89. The molecule has 0 aromatic heterocycles. The van der Waals surface area contributed by atoms with Gasteiger partial charge in [-0.3, -0.25) is 9.98 Å². The van der Waals surface area contributed by atoms with E-state index in [-0.39, 0.29) is 17.9 Å². The van der Waals surface area contributed by atoms with Crippen molar-refractivity contribution in [1.82, 2.24) is 0 Å². The molecule has 3 N–H and O–H groups in total. The van der Waals surface area contributed by atoms with E-state index >= 15 is 0 Å². The average Bonchev–Trinajstić information content (AvgIpc) is 2.97. The summed E-state index contributed by atoms with van der Waals surface area (Å²) in [7, 11) is 2.93. The van der Waals surface area contributed by atoms with Crippen molar-refractivity contribution >= 4 is 18.4 Å². The summed E-state index contributed by atoms with van der Waals surface area (Å²) in [6.45, 7) is 5.88. The summed E-state index contributed by atoms with van der Waals surface area (Å²) in [5.74, 6) is -0.431. The molecule has 0 amide bonds. The lowest BCUT2D eigenvalue weighted by molar-refractivity contribution is -0.136. The number of carbonyl (C=O) groups is 1. The van der Waals surface area contributed by atoms with E-state index in [1.54, 1.807) is 25.7 Å². The van der Waals surface area contributed by atoms with Crippen LogP contribution in [0.15, 0.2) is 93.2 Å². The van der Waals surface area contributed by atoms with Crippen LogP contribution >= 0.6 is 0 Å². The third-order valence-electron chi connectivity index (χ3n) is 3.98. The van der Waals surface area contributed by atoms with Gasteiger partial charge in [0.25, 0.3) is 0 Å². The molecule has 31 heavy (non-hydrogen) atoms. The lowest BCUT2D eigenvalue weighted by atomic mass is 10.1. The van der Waals surface area contributed by atoms with Crippen LogP contribution < -0.4 is 5.73 Å². The zero-order valence-electron chi connectivity index (χ0n) is 18.4. The highest BCUT2D eigenvalue weighted by Gasteiger charge is 2.13. The Kier molecular flexibility index (Phi) is 11.8. The van der Waals surface area contributed by atoms with Crippen LogP contribution in [0.2, 0.25) is 0 Å². The number of ether oxygens (including phenoxy) is 2. The normalized spacial score (nSPS) is 15.6. The first-order chi connectivity index (χ1) is 14.9. The number of rotatable bonds is 11. The topological polar surface area (TPSA) is 106 Å². The van der Waals surface area contributed by atoms with Crippen LogP contribution in [0, 0.1) is 0 Å². The number of aliphatic imine (C=N–C) groups is 2. The van der Waals surface area contributed by atoms with Gasteiger partial charge >= 0.3 is 5.97 Å². The molecule has 0 bridgehead atoms. The minimum absolute atomic E-state index is 0.174. The van der Waals surface area contributed by atoms with Gasteiger partial charge in [-0.2, -0.15) is 0 Å². The number of nitrogens with two attached hydrogens (primary N) is 1. The number of allylic oxidation sites excluding steroid dienone is 7. The Morgan fingerprint density at radius 2 is 2.16 bits per heavy atom. The van der Waals surface area contributed by atoms with Gasteiger partial charge < -0.3 is 20.3 Å². The predicted octanol–water partition coefficient (Wildman–Crippen LogP) is 4.24. The van der Waals surface area contributed by atoms with Gasteiger partial charge in [-0.05, 0) is 36.6 Å². The quantitative estimate of drug-likeness (QED) is 0.169. The second-order valence-electron chi connectivity index (χ2n) is 6.55. The first-order valence-corrected chi connectivity index (χ1v) is 9.89. The van der Waals surface area contributed by atoms with Gasteiger partial charge in [-0.1, -0.05) is 38.2 Å². The number of nitrogens with zero attached hydrogens (tertiary/aromatic N) is 2. The lowest BCUT2D eigenvalue weighted by Gasteiger charge is -2.07. The van der Waals surface area contributed by atoms with Crippen LogP contribution in [0.5, 0.6) is 0 Å². The number of aliphatic hydroxyl groups excluding tert-OH is 1. The molecule has 0 saturated carbocycles. The average molecular weight is 426 g/mol. The molecule has 0 aliphatic heterocycles. The van der Waals surface area contributed by atoms with Crippen LogP contribution in [0.4, 0.5) is 0 Å². The molecule has 1 aliphatic carbocycles. The number of esters is 1. The maximum atomic E-state index is 11.7. The highest BCUT2D eigenvalue weighted by molar-refractivity contribution is 5.89. The van der Waals surface area contributed by atoms with Crippen molar-refractivity contribution < 1.29 is 19.4 Å². The summed E-state index contributed by atoms with van der Waals surface area (Å²) in [5.41, 5.74) is 8.37. The Hall–Kier alpha value is -3.61. The molecule has 0 atom stereocenters. The molecular formula is C24H31N3O4. The smallest absolute Gasteiger partial charge is 0.337 e.